The molecule has 3 rings (SSSR count). The van der Waals surface area contributed by atoms with Gasteiger partial charge in [-0.15, -0.1) is 0 Å². The molecule has 2 heterocycles. The van der Waals surface area contributed by atoms with E-state index < -0.39 is 0 Å². The number of hydrogen-bond donors (Lipinski definition) is 1. The van der Waals surface area contributed by atoms with Crippen molar-refractivity contribution < 1.29 is 4.79 Å². The molecule has 1 fully saturated rings. The van der Waals surface area contributed by atoms with E-state index in [9.17, 15) is 4.79 Å². The first kappa shape index (κ1) is 20.9. The largest absolute Gasteiger partial charge is 0.348 e. The van der Waals surface area contributed by atoms with Gasteiger partial charge in [-0.1, -0.05) is 55.8 Å². The van der Waals surface area contributed by atoms with Gasteiger partial charge in [0.2, 0.25) is 0 Å². The van der Waals surface area contributed by atoms with Gasteiger partial charge in [-0.2, -0.15) is 5.10 Å². The zero-order valence-corrected chi connectivity index (χ0v) is 18.0. The SMILES string of the molecule is Cc1nn(Cc2ccccc2)c(Cl)c1C(=O)N[C@H](C)CN1C[C@H](C)C[C@@H](C)C1. The van der Waals surface area contributed by atoms with Gasteiger partial charge in [0.05, 0.1) is 17.8 Å². The Morgan fingerprint density at radius 1 is 1.25 bits per heavy atom. The average Bonchev–Trinajstić information content (AvgIpc) is 2.88. The van der Waals surface area contributed by atoms with E-state index in [0.29, 0.717) is 34.8 Å². The molecule has 6 heteroatoms. The number of amides is 1. The smallest absolute Gasteiger partial charge is 0.256 e. The fourth-order valence-electron chi connectivity index (χ4n) is 4.34. The van der Waals surface area contributed by atoms with Crippen molar-refractivity contribution >= 4 is 17.5 Å². The number of likely N-dealkylation sites (tertiary alicyclic amines) is 1. The normalized spacial score (nSPS) is 21.5. The summed E-state index contributed by atoms with van der Waals surface area (Å²) < 4.78 is 1.69. The van der Waals surface area contributed by atoms with Crippen LogP contribution in [0, 0.1) is 18.8 Å². The Bertz CT molecular complexity index is 794. The minimum absolute atomic E-state index is 0.0536. The maximum atomic E-state index is 12.9. The zero-order valence-electron chi connectivity index (χ0n) is 17.3. The van der Waals surface area contributed by atoms with Crippen molar-refractivity contribution in [2.45, 2.75) is 46.7 Å². The van der Waals surface area contributed by atoms with Crippen molar-refractivity contribution in [2.24, 2.45) is 11.8 Å². The fourth-order valence-corrected chi connectivity index (χ4v) is 4.66. The van der Waals surface area contributed by atoms with Gasteiger partial charge >= 0.3 is 0 Å². The van der Waals surface area contributed by atoms with Crippen LogP contribution >= 0.6 is 11.6 Å². The van der Waals surface area contributed by atoms with Crippen LogP contribution in [-0.2, 0) is 6.54 Å². The summed E-state index contributed by atoms with van der Waals surface area (Å²) in [5, 5.41) is 7.99. The van der Waals surface area contributed by atoms with Crippen LogP contribution in [0.15, 0.2) is 30.3 Å². The molecular formula is C22H31ClN4O. The highest BCUT2D eigenvalue weighted by atomic mass is 35.5. The van der Waals surface area contributed by atoms with Gasteiger partial charge in [-0.25, -0.2) is 4.68 Å². The van der Waals surface area contributed by atoms with Gasteiger partial charge in [-0.3, -0.25) is 4.79 Å². The summed E-state index contributed by atoms with van der Waals surface area (Å²) in [5.41, 5.74) is 2.23. The number of halogens is 1. The van der Waals surface area contributed by atoms with Crippen molar-refractivity contribution in [1.82, 2.24) is 20.0 Å². The van der Waals surface area contributed by atoms with Crippen LogP contribution < -0.4 is 5.32 Å². The van der Waals surface area contributed by atoms with Crippen LogP contribution in [-0.4, -0.2) is 46.3 Å². The fraction of sp³-hybridized carbons (Fsp3) is 0.545. The van der Waals surface area contributed by atoms with E-state index in [1.165, 1.54) is 6.42 Å². The first-order valence-corrected chi connectivity index (χ1v) is 10.5. The molecule has 3 atom stereocenters. The molecule has 0 aliphatic carbocycles. The number of piperidine rings is 1. The molecule has 28 heavy (non-hydrogen) atoms. The Balaban J connectivity index is 1.64. The molecule has 0 saturated carbocycles. The molecule has 2 aromatic rings. The molecule has 1 saturated heterocycles. The van der Waals surface area contributed by atoms with Crippen molar-refractivity contribution in [3.63, 3.8) is 0 Å². The monoisotopic (exact) mass is 402 g/mol. The molecule has 0 spiro atoms. The number of aromatic nitrogens is 2. The van der Waals surface area contributed by atoms with E-state index in [2.05, 4.69) is 36.1 Å². The van der Waals surface area contributed by atoms with Crippen LogP contribution in [0.25, 0.3) is 0 Å². The number of nitrogens with zero attached hydrogens (tertiary/aromatic N) is 3. The number of nitrogens with one attached hydrogen (secondary N) is 1. The maximum Gasteiger partial charge on any atom is 0.256 e. The minimum Gasteiger partial charge on any atom is -0.348 e. The summed E-state index contributed by atoms with van der Waals surface area (Å²) in [4.78, 5) is 15.3. The third-order valence-electron chi connectivity index (χ3n) is 5.32. The summed E-state index contributed by atoms with van der Waals surface area (Å²) >= 11 is 6.52. The van der Waals surface area contributed by atoms with Gasteiger partial charge < -0.3 is 10.2 Å². The Labute approximate surface area is 173 Å². The van der Waals surface area contributed by atoms with Crippen molar-refractivity contribution in [2.75, 3.05) is 19.6 Å². The lowest BCUT2D eigenvalue weighted by atomic mass is 9.92. The molecule has 1 amide bonds. The van der Waals surface area contributed by atoms with Crippen LogP contribution in [0.3, 0.4) is 0 Å². The number of rotatable bonds is 6. The predicted octanol–water partition coefficient (Wildman–Crippen LogP) is 3.99. The van der Waals surface area contributed by atoms with Crippen molar-refractivity contribution in [3.8, 4) is 0 Å². The van der Waals surface area contributed by atoms with Gasteiger partial charge in [-0.05, 0) is 37.7 Å². The molecule has 1 aliphatic heterocycles. The van der Waals surface area contributed by atoms with E-state index >= 15 is 0 Å². The molecule has 1 aromatic carbocycles. The summed E-state index contributed by atoms with van der Waals surface area (Å²) in [5.74, 6) is 1.27. The van der Waals surface area contributed by atoms with Gasteiger partial charge in [0.1, 0.15) is 5.15 Å². The number of carbonyl (C=O) groups is 1. The van der Waals surface area contributed by atoms with Crippen LogP contribution in [0.2, 0.25) is 5.15 Å². The lowest BCUT2D eigenvalue weighted by molar-refractivity contribution is 0.0904. The zero-order chi connectivity index (χ0) is 20.3. The van der Waals surface area contributed by atoms with Gasteiger partial charge in [0.25, 0.3) is 5.91 Å². The molecule has 0 bridgehead atoms. The Morgan fingerprint density at radius 3 is 2.54 bits per heavy atom. The number of carbonyl (C=O) groups excluding carboxylic acids is 1. The molecule has 0 unspecified atom stereocenters. The van der Waals surface area contributed by atoms with Crippen molar-refractivity contribution in [1.29, 1.82) is 0 Å². The maximum absolute atomic E-state index is 12.9. The second kappa shape index (κ2) is 9.10. The van der Waals surface area contributed by atoms with Crippen LogP contribution in [0.1, 0.15) is 48.8 Å². The molecule has 0 radical (unpaired) electrons. The molecule has 152 valence electrons. The third kappa shape index (κ3) is 5.15. The highest BCUT2D eigenvalue weighted by molar-refractivity contribution is 6.33. The Morgan fingerprint density at radius 2 is 1.89 bits per heavy atom. The van der Waals surface area contributed by atoms with Crippen LogP contribution in [0.4, 0.5) is 0 Å². The first-order valence-electron chi connectivity index (χ1n) is 10.1. The lowest BCUT2D eigenvalue weighted by Crippen LogP contribution is -2.47. The third-order valence-corrected chi connectivity index (χ3v) is 5.71. The highest BCUT2D eigenvalue weighted by Gasteiger charge is 2.25. The van der Waals surface area contributed by atoms with E-state index in [-0.39, 0.29) is 11.9 Å². The van der Waals surface area contributed by atoms with Gasteiger partial charge in [0.15, 0.2) is 0 Å². The Hall–Kier alpha value is -1.85. The Kier molecular flexibility index (Phi) is 6.78. The van der Waals surface area contributed by atoms with E-state index in [0.717, 1.165) is 25.2 Å². The standard InChI is InChI=1S/C22H31ClN4O/c1-15-10-16(2)12-26(11-15)13-17(3)24-22(28)20-18(4)25-27(21(20)23)14-19-8-6-5-7-9-19/h5-9,15-17H,10-14H2,1-4H3,(H,24,28)/t15-,16-,17-/m1/s1. The quantitative estimate of drug-likeness (QED) is 0.794. The number of hydrogen-bond acceptors (Lipinski definition) is 3. The van der Waals surface area contributed by atoms with E-state index in [1.807, 2.05) is 37.3 Å². The molecule has 1 N–H and O–H groups in total. The second-order valence-corrected chi connectivity index (χ2v) is 8.79. The van der Waals surface area contributed by atoms with Crippen LogP contribution in [0.5, 0.6) is 0 Å². The summed E-state index contributed by atoms with van der Waals surface area (Å²) in [6.45, 7) is 12.1. The number of benzene rings is 1. The summed E-state index contributed by atoms with van der Waals surface area (Å²) in [7, 11) is 0. The average molecular weight is 403 g/mol. The second-order valence-electron chi connectivity index (χ2n) is 8.43. The molecule has 1 aromatic heterocycles. The summed E-state index contributed by atoms with van der Waals surface area (Å²) in [6, 6.07) is 10.0. The van der Waals surface area contributed by atoms with E-state index in [4.69, 9.17) is 11.6 Å². The molecular weight excluding hydrogens is 372 g/mol. The molecule has 5 nitrogen and oxygen atoms in total. The molecule has 1 aliphatic rings. The first-order chi connectivity index (χ1) is 13.3. The number of aryl methyl sites for hydroxylation is 1. The van der Waals surface area contributed by atoms with Crippen molar-refractivity contribution in [3.05, 3.63) is 52.3 Å². The van der Waals surface area contributed by atoms with E-state index in [1.54, 1.807) is 4.68 Å². The van der Waals surface area contributed by atoms with Gasteiger partial charge in [0, 0.05) is 25.7 Å². The topological polar surface area (TPSA) is 50.2 Å². The lowest BCUT2D eigenvalue weighted by Gasteiger charge is -2.36. The summed E-state index contributed by atoms with van der Waals surface area (Å²) in [6.07, 6.45) is 1.28. The minimum atomic E-state index is -0.146. The highest BCUT2D eigenvalue weighted by Crippen LogP contribution is 2.22. The predicted molar refractivity (Wildman–Crippen MR) is 114 cm³/mol.